The van der Waals surface area contributed by atoms with Crippen molar-refractivity contribution in [2.75, 3.05) is 7.11 Å². The minimum atomic E-state index is -4.41. The fourth-order valence-corrected chi connectivity index (χ4v) is 2.88. The van der Waals surface area contributed by atoms with E-state index in [4.69, 9.17) is 4.74 Å². The quantitative estimate of drug-likeness (QED) is 0.625. The molecule has 0 aliphatic heterocycles. The van der Waals surface area contributed by atoms with Gasteiger partial charge in [-0.2, -0.15) is 13.2 Å². The molecule has 1 heterocycles. The molecule has 140 valence electrons. The summed E-state index contributed by atoms with van der Waals surface area (Å²) in [4.78, 5) is 15.9. The summed E-state index contributed by atoms with van der Waals surface area (Å²) in [6.07, 6.45) is -1.10. The van der Waals surface area contributed by atoms with Gasteiger partial charge < -0.3 is 9.30 Å². The molecule has 3 aromatic rings. The third-order valence-electron chi connectivity index (χ3n) is 4.17. The van der Waals surface area contributed by atoms with Crippen LogP contribution in [-0.2, 0) is 23.9 Å². The minimum Gasteiger partial charge on any atom is -0.465 e. The summed E-state index contributed by atoms with van der Waals surface area (Å²) >= 11 is 0. The molecule has 4 nitrogen and oxygen atoms in total. The molecular formula is C20H17F3N2O2. The van der Waals surface area contributed by atoms with Gasteiger partial charge in [0.2, 0.25) is 0 Å². The fourth-order valence-electron chi connectivity index (χ4n) is 2.88. The predicted octanol–water partition coefficient (Wildman–Crippen LogP) is 4.33. The van der Waals surface area contributed by atoms with Crippen LogP contribution < -0.4 is 0 Å². The van der Waals surface area contributed by atoms with Gasteiger partial charge >= 0.3 is 12.1 Å². The Balaban J connectivity index is 1.85. The van der Waals surface area contributed by atoms with Gasteiger partial charge in [-0.15, -0.1) is 0 Å². The number of rotatable bonds is 5. The number of esters is 1. The SMILES string of the molecule is COC(=O)c1cccc(Cn2ccnc2Cc2ccccc2C(F)(F)F)c1. The zero-order valence-electron chi connectivity index (χ0n) is 14.5. The average Bonchev–Trinajstić information content (AvgIpc) is 3.07. The largest absolute Gasteiger partial charge is 0.465 e. The first-order valence-electron chi connectivity index (χ1n) is 8.21. The highest BCUT2D eigenvalue weighted by Crippen LogP contribution is 2.32. The van der Waals surface area contributed by atoms with Crippen LogP contribution in [0.3, 0.4) is 0 Å². The number of carbonyl (C=O) groups excluding carboxylic acids is 1. The van der Waals surface area contributed by atoms with Crippen LogP contribution in [-0.4, -0.2) is 22.6 Å². The second-order valence-corrected chi connectivity index (χ2v) is 6.00. The average molecular weight is 374 g/mol. The molecular weight excluding hydrogens is 357 g/mol. The number of ether oxygens (including phenoxy) is 1. The summed E-state index contributed by atoms with van der Waals surface area (Å²) < 4.78 is 46.1. The number of aromatic nitrogens is 2. The second kappa shape index (κ2) is 7.65. The summed E-state index contributed by atoms with van der Waals surface area (Å²) in [7, 11) is 1.31. The van der Waals surface area contributed by atoms with Crippen molar-refractivity contribution in [1.82, 2.24) is 9.55 Å². The highest BCUT2D eigenvalue weighted by atomic mass is 19.4. The summed E-state index contributed by atoms with van der Waals surface area (Å²) in [5.74, 6) is 0.0666. The van der Waals surface area contributed by atoms with Crippen LogP contribution in [0.25, 0.3) is 0 Å². The third-order valence-corrected chi connectivity index (χ3v) is 4.17. The van der Waals surface area contributed by atoms with Crippen LogP contribution in [0.4, 0.5) is 13.2 Å². The Bertz CT molecular complexity index is 948. The van der Waals surface area contributed by atoms with Crippen molar-refractivity contribution in [3.05, 3.63) is 89.0 Å². The normalized spacial score (nSPS) is 11.4. The van der Waals surface area contributed by atoms with Crippen molar-refractivity contribution in [3.63, 3.8) is 0 Å². The molecule has 0 aliphatic carbocycles. The second-order valence-electron chi connectivity index (χ2n) is 6.00. The Labute approximate surface area is 154 Å². The Hall–Kier alpha value is -3.09. The molecule has 1 aromatic heterocycles. The van der Waals surface area contributed by atoms with Gasteiger partial charge in [0.25, 0.3) is 0 Å². The molecule has 0 saturated heterocycles. The Kier molecular flexibility index (Phi) is 5.30. The van der Waals surface area contributed by atoms with Gasteiger partial charge in [0, 0.05) is 25.4 Å². The summed E-state index contributed by atoms with van der Waals surface area (Å²) in [5.41, 5.74) is 0.744. The van der Waals surface area contributed by atoms with Crippen LogP contribution in [0.1, 0.15) is 32.9 Å². The molecule has 0 atom stereocenters. The number of hydrogen-bond donors (Lipinski definition) is 0. The van der Waals surface area contributed by atoms with Gasteiger partial charge in [-0.25, -0.2) is 9.78 Å². The van der Waals surface area contributed by atoms with Crippen molar-refractivity contribution >= 4 is 5.97 Å². The first-order chi connectivity index (χ1) is 12.9. The van der Waals surface area contributed by atoms with Crippen LogP contribution >= 0.6 is 0 Å². The maximum absolute atomic E-state index is 13.2. The van der Waals surface area contributed by atoms with E-state index in [1.807, 2.05) is 6.07 Å². The van der Waals surface area contributed by atoms with E-state index in [2.05, 4.69) is 4.98 Å². The first-order valence-corrected chi connectivity index (χ1v) is 8.21. The summed E-state index contributed by atoms with van der Waals surface area (Å²) in [5, 5.41) is 0. The minimum absolute atomic E-state index is 0.0549. The lowest BCUT2D eigenvalue weighted by Gasteiger charge is -2.14. The maximum atomic E-state index is 13.2. The number of benzene rings is 2. The molecule has 0 fully saturated rings. The summed E-state index contributed by atoms with van der Waals surface area (Å²) in [6.45, 7) is 0.383. The fraction of sp³-hybridized carbons (Fsp3) is 0.200. The third kappa shape index (κ3) is 4.36. The number of nitrogens with zero attached hydrogens (tertiary/aromatic N) is 2. The van der Waals surface area contributed by atoms with E-state index in [-0.39, 0.29) is 12.0 Å². The van der Waals surface area contributed by atoms with E-state index in [0.717, 1.165) is 11.6 Å². The van der Waals surface area contributed by atoms with Crippen molar-refractivity contribution in [2.24, 2.45) is 0 Å². The molecule has 3 rings (SSSR count). The molecule has 7 heteroatoms. The molecule has 0 amide bonds. The standard InChI is InChI=1S/C20H17F3N2O2/c1-27-19(26)16-7-4-5-14(11-16)13-25-10-9-24-18(25)12-15-6-2-3-8-17(15)20(21,22)23/h2-11H,12-13H2,1H3. The Morgan fingerprint density at radius 1 is 1.15 bits per heavy atom. The van der Waals surface area contributed by atoms with Crippen molar-refractivity contribution in [1.29, 1.82) is 0 Å². The van der Waals surface area contributed by atoms with Crippen molar-refractivity contribution in [3.8, 4) is 0 Å². The highest BCUT2D eigenvalue weighted by Gasteiger charge is 2.33. The van der Waals surface area contributed by atoms with Crippen LogP contribution in [0.15, 0.2) is 60.9 Å². The highest BCUT2D eigenvalue weighted by molar-refractivity contribution is 5.89. The number of imidazole rings is 1. The maximum Gasteiger partial charge on any atom is 0.416 e. The number of hydrogen-bond acceptors (Lipinski definition) is 3. The van der Waals surface area contributed by atoms with Gasteiger partial charge in [0.05, 0.1) is 18.2 Å². The smallest absolute Gasteiger partial charge is 0.416 e. The van der Waals surface area contributed by atoms with Gasteiger partial charge in [-0.1, -0.05) is 30.3 Å². The molecule has 2 aromatic carbocycles. The zero-order chi connectivity index (χ0) is 19.4. The van der Waals surface area contributed by atoms with E-state index >= 15 is 0 Å². The molecule has 0 N–H and O–H groups in total. The van der Waals surface area contributed by atoms with E-state index < -0.39 is 17.7 Å². The zero-order valence-corrected chi connectivity index (χ0v) is 14.5. The molecule has 0 saturated carbocycles. The van der Waals surface area contributed by atoms with Crippen LogP contribution in [0.2, 0.25) is 0 Å². The lowest BCUT2D eigenvalue weighted by Crippen LogP contribution is -2.12. The first kappa shape index (κ1) is 18.7. The van der Waals surface area contributed by atoms with Gasteiger partial charge in [-0.05, 0) is 29.3 Å². The van der Waals surface area contributed by atoms with Crippen molar-refractivity contribution < 1.29 is 22.7 Å². The number of halogens is 3. The topological polar surface area (TPSA) is 44.1 Å². The Morgan fingerprint density at radius 2 is 1.93 bits per heavy atom. The molecule has 0 spiro atoms. The number of alkyl halides is 3. The van der Waals surface area contributed by atoms with E-state index in [9.17, 15) is 18.0 Å². The van der Waals surface area contributed by atoms with E-state index in [1.54, 1.807) is 41.2 Å². The molecule has 0 unspecified atom stereocenters. The molecule has 0 radical (unpaired) electrons. The lowest BCUT2D eigenvalue weighted by atomic mass is 10.0. The van der Waals surface area contributed by atoms with E-state index in [0.29, 0.717) is 17.9 Å². The Morgan fingerprint density at radius 3 is 2.67 bits per heavy atom. The number of carbonyl (C=O) groups is 1. The molecule has 0 bridgehead atoms. The van der Waals surface area contributed by atoms with E-state index in [1.165, 1.54) is 19.2 Å². The lowest BCUT2D eigenvalue weighted by molar-refractivity contribution is -0.138. The molecule has 27 heavy (non-hydrogen) atoms. The van der Waals surface area contributed by atoms with Crippen molar-refractivity contribution in [2.45, 2.75) is 19.1 Å². The van der Waals surface area contributed by atoms with Crippen LogP contribution in [0, 0.1) is 0 Å². The molecule has 0 aliphatic rings. The van der Waals surface area contributed by atoms with Gasteiger partial charge in [0.15, 0.2) is 0 Å². The summed E-state index contributed by atoms with van der Waals surface area (Å²) in [6, 6.07) is 12.4. The van der Waals surface area contributed by atoms with Gasteiger partial charge in [0.1, 0.15) is 5.82 Å². The predicted molar refractivity (Wildman–Crippen MR) is 93.4 cm³/mol. The van der Waals surface area contributed by atoms with Gasteiger partial charge in [-0.3, -0.25) is 0 Å². The number of methoxy groups -OCH3 is 1. The monoisotopic (exact) mass is 374 g/mol. The van der Waals surface area contributed by atoms with Crippen LogP contribution in [0.5, 0.6) is 0 Å².